The van der Waals surface area contributed by atoms with Gasteiger partial charge in [0.25, 0.3) is 0 Å². The van der Waals surface area contributed by atoms with Crippen LogP contribution in [0.5, 0.6) is 11.5 Å². The molecular weight excluding hydrogens is 474 g/mol. The summed E-state index contributed by atoms with van der Waals surface area (Å²) in [5.41, 5.74) is 3.36. The summed E-state index contributed by atoms with van der Waals surface area (Å²) in [6.45, 7) is 2.76. The number of hydrogen-bond acceptors (Lipinski definition) is 5. The van der Waals surface area contributed by atoms with Gasteiger partial charge in [-0.25, -0.2) is 12.7 Å². The second kappa shape index (κ2) is 9.71. The predicted molar refractivity (Wildman–Crippen MR) is 139 cm³/mol. The number of hydrogen-bond donors (Lipinski definition) is 0. The van der Waals surface area contributed by atoms with Crippen LogP contribution < -0.4 is 9.47 Å². The van der Waals surface area contributed by atoms with Crippen molar-refractivity contribution < 1.29 is 22.7 Å². The molecule has 188 valence electrons. The Morgan fingerprint density at radius 2 is 1.69 bits per heavy atom. The molecule has 0 bridgehead atoms. The lowest BCUT2D eigenvalue weighted by Crippen LogP contribution is -2.27. The second-order valence-corrected chi connectivity index (χ2v) is 11.7. The quantitative estimate of drug-likeness (QED) is 0.372. The molecule has 1 aliphatic carbocycles. The van der Waals surface area contributed by atoms with Gasteiger partial charge >= 0.3 is 0 Å². The predicted octanol–water partition coefficient (Wildman–Crippen LogP) is 5.35. The van der Waals surface area contributed by atoms with Gasteiger partial charge in [0.2, 0.25) is 16.8 Å². The monoisotopic (exact) mass is 505 g/mol. The number of nitrogens with zero attached hydrogens (tertiary/aromatic N) is 1. The first kappa shape index (κ1) is 24.5. The zero-order chi connectivity index (χ0) is 25.3. The fourth-order valence-corrected chi connectivity index (χ4v) is 5.97. The molecule has 36 heavy (non-hydrogen) atoms. The number of fused-ring (bicyclic) bond motifs is 1. The number of Topliss-reactive ketones (excluding diaryl/α,β-unsaturated/α-hetero) is 1. The van der Waals surface area contributed by atoms with Crippen LogP contribution in [-0.2, 0) is 26.7 Å². The van der Waals surface area contributed by atoms with E-state index in [1.165, 1.54) is 4.31 Å². The number of sulfonamides is 1. The number of ether oxygens (including phenoxy) is 2. The van der Waals surface area contributed by atoms with Gasteiger partial charge in [-0.3, -0.25) is 4.79 Å². The van der Waals surface area contributed by atoms with Crippen molar-refractivity contribution in [3.63, 3.8) is 0 Å². The zero-order valence-corrected chi connectivity index (χ0v) is 21.5. The summed E-state index contributed by atoms with van der Waals surface area (Å²) in [5.74, 6) is 1.63. The summed E-state index contributed by atoms with van der Waals surface area (Å²) in [6.07, 6.45) is 3.79. The van der Waals surface area contributed by atoms with Crippen LogP contribution in [-0.4, -0.2) is 38.9 Å². The minimum absolute atomic E-state index is 0.204. The average Bonchev–Trinajstić information content (AvgIpc) is 3.58. The van der Waals surface area contributed by atoms with Crippen molar-refractivity contribution in [1.29, 1.82) is 0 Å². The molecule has 0 unspecified atom stereocenters. The van der Waals surface area contributed by atoms with Crippen LogP contribution >= 0.6 is 0 Å². The van der Waals surface area contributed by atoms with Gasteiger partial charge in [0.15, 0.2) is 11.5 Å². The van der Waals surface area contributed by atoms with E-state index in [4.69, 9.17) is 9.47 Å². The Morgan fingerprint density at radius 3 is 2.42 bits per heavy atom. The van der Waals surface area contributed by atoms with Crippen LogP contribution in [0, 0.1) is 0 Å². The maximum Gasteiger partial charge on any atom is 0.242 e. The van der Waals surface area contributed by atoms with Gasteiger partial charge in [-0.1, -0.05) is 55.8 Å². The van der Waals surface area contributed by atoms with Gasteiger partial charge in [0, 0.05) is 20.0 Å². The van der Waals surface area contributed by atoms with Gasteiger partial charge in [-0.15, -0.1) is 0 Å². The second-order valence-electron chi connectivity index (χ2n) is 9.65. The van der Waals surface area contributed by atoms with Crippen LogP contribution in [0.25, 0.3) is 11.1 Å². The normalized spacial score (nSPS) is 15.8. The van der Waals surface area contributed by atoms with Crippen LogP contribution in [0.2, 0.25) is 0 Å². The number of unbranched alkanes of at least 4 members (excludes halogenated alkanes) is 1. The fraction of sp³-hybridized carbons (Fsp3) is 0.345. The Labute approximate surface area is 212 Å². The smallest absolute Gasteiger partial charge is 0.242 e. The summed E-state index contributed by atoms with van der Waals surface area (Å²) in [6, 6.07) is 20.7. The number of carbonyl (C=O) groups excluding carboxylic acids is 1. The molecule has 0 spiro atoms. The van der Waals surface area contributed by atoms with Crippen LogP contribution in [0.3, 0.4) is 0 Å². The molecular formula is C29H31NO5S. The third kappa shape index (κ3) is 4.65. The molecule has 7 heteroatoms. The third-order valence-corrected chi connectivity index (χ3v) is 9.09. The third-order valence-electron chi connectivity index (χ3n) is 7.22. The van der Waals surface area contributed by atoms with Gasteiger partial charge in [-0.05, 0) is 65.8 Å². The highest BCUT2D eigenvalue weighted by molar-refractivity contribution is 7.89. The Bertz CT molecular complexity index is 1380. The maximum absolute atomic E-state index is 13.4. The van der Waals surface area contributed by atoms with E-state index < -0.39 is 15.4 Å². The summed E-state index contributed by atoms with van der Waals surface area (Å²) in [5, 5.41) is 0. The molecule has 1 fully saturated rings. The summed E-state index contributed by atoms with van der Waals surface area (Å²) in [7, 11) is -1.88. The number of benzene rings is 3. The number of ketones is 1. The number of rotatable bonds is 10. The SMILES string of the molecule is CCCCN(C)S(=O)(=O)c1ccc(-c2cccc(CC(=O)C3(c4ccc5c(c4)OCO5)CC3)c2)cc1. The fourth-order valence-electron chi connectivity index (χ4n) is 4.76. The Balaban J connectivity index is 1.31. The lowest BCUT2D eigenvalue weighted by atomic mass is 9.87. The number of carbonyl (C=O) groups is 1. The highest BCUT2D eigenvalue weighted by Crippen LogP contribution is 2.51. The van der Waals surface area contributed by atoms with Crippen molar-refractivity contribution in [3.05, 3.63) is 77.9 Å². The molecule has 2 aliphatic rings. The molecule has 0 aromatic heterocycles. The Morgan fingerprint density at radius 1 is 0.944 bits per heavy atom. The van der Waals surface area contributed by atoms with Gasteiger partial charge in [0.05, 0.1) is 10.3 Å². The minimum Gasteiger partial charge on any atom is -0.454 e. The van der Waals surface area contributed by atoms with Crippen molar-refractivity contribution in [2.24, 2.45) is 0 Å². The zero-order valence-electron chi connectivity index (χ0n) is 20.7. The minimum atomic E-state index is -3.50. The van der Waals surface area contributed by atoms with E-state index in [2.05, 4.69) is 0 Å². The maximum atomic E-state index is 13.4. The molecule has 1 aliphatic heterocycles. The lowest BCUT2D eigenvalue weighted by molar-refractivity contribution is -0.120. The van der Waals surface area contributed by atoms with Gasteiger partial charge in [-0.2, -0.15) is 0 Å². The molecule has 1 saturated carbocycles. The highest BCUT2D eigenvalue weighted by atomic mass is 32.2. The van der Waals surface area contributed by atoms with E-state index in [0.29, 0.717) is 18.7 Å². The first-order valence-corrected chi connectivity index (χ1v) is 13.9. The van der Waals surface area contributed by atoms with E-state index in [9.17, 15) is 13.2 Å². The first-order chi connectivity index (χ1) is 17.3. The van der Waals surface area contributed by atoms with Gasteiger partial charge < -0.3 is 9.47 Å². The standard InChI is InChI=1S/C29H31NO5S/c1-3-4-16-30(2)36(32,33)25-11-8-22(9-12-25)23-7-5-6-21(17-23)18-28(31)29(14-15-29)24-10-13-26-27(19-24)35-20-34-26/h5-13,17,19H,3-4,14-16,18,20H2,1-2H3. The molecule has 0 N–H and O–H groups in total. The van der Waals surface area contributed by atoms with Crippen LogP contribution in [0.1, 0.15) is 43.7 Å². The highest BCUT2D eigenvalue weighted by Gasteiger charge is 2.50. The van der Waals surface area contributed by atoms with Crippen LogP contribution in [0.15, 0.2) is 71.6 Å². The topological polar surface area (TPSA) is 72.9 Å². The largest absolute Gasteiger partial charge is 0.454 e. The molecule has 5 rings (SSSR count). The van der Waals surface area contributed by atoms with Crippen molar-refractivity contribution >= 4 is 15.8 Å². The molecule has 0 atom stereocenters. The van der Waals surface area contributed by atoms with E-state index in [-0.39, 0.29) is 17.5 Å². The lowest BCUT2D eigenvalue weighted by Gasteiger charge is -2.17. The van der Waals surface area contributed by atoms with Crippen molar-refractivity contribution in [2.45, 2.75) is 49.3 Å². The Kier molecular flexibility index (Phi) is 6.62. The van der Waals surface area contributed by atoms with Crippen LogP contribution in [0.4, 0.5) is 0 Å². The van der Waals surface area contributed by atoms with E-state index >= 15 is 0 Å². The van der Waals surface area contributed by atoms with Crippen molar-refractivity contribution in [1.82, 2.24) is 4.31 Å². The summed E-state index contributed by atoms with van der Waals surface area (Å²) < 4.78 is 38.0. The molecule has 1 heterocycles. The van der Waals surface area contributed by atoms with E-state index in [1.54, 1.807) is 19.2 Å². The van der Waals surface area contributed by atoms with E-state index in [0.717, 1.165) is 53.7 Å². The molecule has 3 aromatic carbocycles. The van der Waals surface area contributed by atoms with Crippen molar-refractivity contribution in [2.75, 3.05) is 20.4 Å². The molecule has 0 saturated heterocycles. The molecule has 0 radical (unpaired) electrons. The Hall–Kier alpha value is -3.16. The summed E-state index contributed by atoms with van der Waals surface area (Å²) >= 11 is 0. The van der Waals surface area contributed by atoms with Gasteiger partial charge in [0.1, 0.15) is 5.78 Å². The van der Waals surface area contributed by atoms with Crippen molar-refractivity contribution in [3.8, 4) is 22.6 Å². The molecule has 3 aromatic rings. The molecule has 0 amide bonds. The molecule has 6 nitrogen and oxygen atoms in total. The first-order valence-electron chi connectivity index (χ1n) is 12.4. The summed E-state index contributed by atoms with van der Waals surface area (Å²) in [4.78, 5) is 13.7. The van der Waals surface area contributed by atoms with E-state index in [1.807, 2.05) is 61.5 Å². The average molecular weight is 506 g/mol.